The van der Waals surface area contributed by atoms with E-state index in [1.165, 1.54) is 17.3 Å². The van der Waals surface area contributed by atoms with Gasteiger partial charge in [0.2, 0.25) is 5.95 Å². The molecule has 2 amide bonds. The second-order valence-corrected chi connectivity index (χ2v) is 5.97. The van der Waals surface area contributed by atoms with Crippen LogP contribution in [0.15, 0.2) is 36.7 Å². The molecule has 1 aromatic heterocycles. The van der Waals surface area contributed by atoms with Crippen LogP contribution < -0.4 is 5.32 Å². The summed E-state index contributed by atoms with van der Waals surface area (Å²) in [6.07, 6.45) is 3.08. The van der Waals surface area contributed by atoms with E-state index in [1.807, 2.05) is 0 Å². The Morgan fingerprint density at radius 3 is 2.26 bits per heavy atom. The molecule has 1 aromatic carbocycles. The van der Waals surface area contributed by atoms with Gasteiger partial charge in [-0.2, -0.15) is 27.0 Å². The van der Waals surface area contributed by atoms with Crippen molar-refractivity contribution in [2.45, 2.75) is 18.5 Å². The number of aromatic nitrogens is 2. The molecule has 0 spiro atoms. The van der Waals surface area contributed by atoms with Crippen molar-refractivity contribution in [1.29, 1.82) is 0 Å². The van der Waals surface area contributed by atoms with E-state index in [1.54, 1.807) is 24.3 Å². The molecule has 27 heavy (non-hydrogen) atoms. The van der Waals surface area contributed by atoms with Crippen molar-refractivity contribution >= 4 is 44.8 Å². The topological polar surface area (TPSA) is 105 Å². The molecule has 3 heterocycles. The molecule has 10 heteroatoms. The Morgan fingerprint density at radius 2 is 1.67 bits per heavy atom. The van der Waals surface area contributed by atoms with Gasteiger partial charge in [0.1, 0.15) is 0 Å². The van der Waals surface area contributed by atoms with Gasteiger partial charge in [-0.15, -0.1) is 0 Å². The maximum Gasteiger partial charge on any atom is 0.261 e. The lowest BCUT2D eigenvalue weighted by Gasteiger charge is -2.36. The van der Waals surface area contributed by atoms with Gasteiger partial charge in [0, 0.05) is 6.61 Å². The summed E-state index contributed by atoms with van der Waals surface area (Å²) in [6.45, 7) is 0.787. The van der Waals surface area contributed by atoms with Crippen LogP contribution in [0.3, 0.4) is 0 Å². The van der Waals surface area contributed by atoms with Gasteiger partial charge >= 0.3 is 0 Å². The third-order valence-electron chi connectivity index (χ3n) is 4.43. The van der Waals surface area contributed by atoms with E-state index in [9.17, 15) is 14.7 Å². The minimum Gasteiger partial charge on any atom is -0.505 e. The molecule has 2 N–H and O–H groups in total. The van der Waals surface area contributed by atoms with Crippen molar-refractivity contribution in [3.05, 3.63) is 47.8 Å². The molecule has 1 fully saturated rings. The fourth-order valence-corrected chi connectivity index (χ4v) is 3.24. The minimum absolute atomic E-state index is 0. The monoisotopic (exact) mass is 408 g/mol. The highest BCUT2D eigenvalue weighted by Gasteiger charge is 2.43. The van der Waals surface area contributed by atoms with E-state index in [0.29, 0.717) is 36.7 Å². The van der Waals surface area contributed by atoms with Crippen LogP contribution in [0.25, 0.3) is 0 Å². The zero-order chi connectivity index (χ0) is 17.4. The number of anilines is 1. The predicted molar refractivity (Wildman–Crippen MR) is 108 cm³/mol. The molecule has 2 aliphatic heterocycles. The Balaban J connectivity index is 0.00000131. The van der Waals surface area contributed by atoms with Crippen molar-refractivity contribution in [2.75, 3.05) is 18.5 Å². The molecule has 4 rings (SSSR count). The summed E-state index contributed by atoms with van der Waals surface area (Å²) in [7, 11) is 0. The summed E-state index contributed by atoms with van der Waals surface area (Å²) < 4.78 is 5.50. The summed E-state index contributed by atoms with van der Waals surface area (Å²) in [5.41, 5.74) is 0.859. The Labute approximate surface area is 169 Å². The van der Waals surface area contributed by atoms with Gasteiger partial charge < -0.3 is 15.2 Å². The highest BCUT2D eigenvalue weighted by molar-refractivity contribution is 7.59. The standard InChI is InChI=1S/C17H16N4O4.2H2S/c22-10-7-18-17(19-8-10)20-13-9-25-6-5-14(13)21-15(23)11-3-1-2-4-12(11)16(21)24;;/h1-4,7-8,13-14,22H,5-6,9H2,(H,18,19,20);2*1H2/t13-,14+;;/m1../s1. The minimum atomic E-state index is -0.362. The number of carbonyl (C=O) groups is 2. The van der Waals surface area contributed by atoms with Crippen LogP contribution in [0.4, 0.5) is 5.95 Å². The van der Waals surface area contributed by atoms with Crippen molar-refractivity contribution in [3.63, 3.8) is 0 Å². The first kappa shape index (κ1) is 21.0. The Hall–Kier alpha value is -2.30. The van der Waals surface area contributed by atoms with Crippen LogP contribution in [0.1, 0.15) is 27.1 Å². The quantitative estimate of drug-likeness (QED) is 0.737. The first-order chi connectivity index (χ1) is 12.1. The number of nitrogens with zero attached hydrogens (tertiary/aromatic N) is 3. The molecule has 8 nitrogen and oxygen atoms in total. The maximum atomic E-state index is 12.7. The SMILES string of the molecule is O=C1c2ccccc2C(=O)N1[C@H]1CCOC[C@H]1Nc1ncc(O)cn1.S.S. The molecule has 2 atom stereocenters. The maximum absolute atomic E-state index is 12.7. The van der Waals surface area contributed by atoms with Crippen LogP contribution in [-0.2, 0) is 4.74 Å². The van der Waals surface area contributed by atoms with Gasteiger partial charge in [-0.3, -0.25) is 14.5 Å². The number of hydrogen-bond acceptors (Lipinski definition) is 7. The fraction of sp³-hybridized carbons (Fsp3) is 0.294. The van der Waals surface area contributed by atoms with E-state index < -0.39 is 0 Å². The molecule has 0 radical (unpaired) electrons. The van der Waals surface area contributed by atoms with Crippen LogP contribution >= 0.6 is 27.0 Å². The van der Waals surface area contributed by atoms with Crippen LogP contribution in [0.5, 0.6) is 5.75 Å². The van der Waals surface area contributed by atoms with Crippen LogP contribution in [0, 0.1) is 0 Å². The molecular formula is C17H20N4O4S2. The molecule has 1 saturated heterocycles. The summed E-state index contributed by atoms with van der Waals surface area (Å²) in [5, 5.41) is 12.4. The Kier molecular flexibility index (Phi) is 6.68. The number of amides is 2. The Bertz CT molecular complexity index is 799. The summed E-state index contributed by atoms with van der Waals surface area (Å²) >= 11 is 0. The number of carbonyl (C=O) groups excluding carboxylic acids is 2. The molecule has 144 valence electrons. The molecule has 0 bridgehead atoms. The Morgan fingerprint density at radius 1 is 1.07 bits per heavy atom. The number of hydrogen-bond donors (Lipinski definition) is 2. The smallest absolute Gasteiger partial charge is 0.261 e. The number of rotatable bonds is 3. The van der Waals surface area contributed by atoms with Gasteiger partial charge in [0.15, 0.2) is 5.75 Å². The number of fused-ring (bicyclic) bond motifs is 1. The third-order valence-corrected chi connectivity index (χ3v) is 4.43. The zero-order valence-electron chi connectivity index (χ0n) is 14.3. The van der Waals surface area contributed by atoms with E-state index in [0.717, 1.165) is 0 Å². The molecule has 0 saturated carbocycles. The third kappa shape index (κ3) is 3.87. The van der Waals surface area contributed by atoms with Gasteiger partial charge in [0.05, 0.1) is 42.2 Å². The second-order valence-electron chi connectivity index (χ2n) is 5.97. The van der Waals surface area contributed by atoms with Gasteiger partial charge in [-0.05, 0) is 18.6 Å². The van der Waals surface area contributed by atoms with Crippen molar-refractivity contribution in [2.24, 2.45) is 0 Å². The summed E-state index contributed by atoms with van der Waals surface area (Å²) in [6, 6.07) is 6.13. The number of ether oxygens (including phenoxy) is 1. The van der Waals surface area contributed by atoms with E-state index in [-0.39, 0.29) is 56.6 Å². The van der Waals surface area contributed by atoms with Gasteiger partial charge in [-0.1, -0.05) is 12.1 Å². The molecule has 2 aliphatic rings. The number of aromatic hydroxyl groups is 1. The lowest BCUT2D eigenvalue weighted by Crippen LogP contribution is -2.54. The normalized spacial score (nSPS) is 21.1. The van der Waals surface area contributed by atoms with Crippen molar-refractivity contribution in [1.82, 2.24) is 14.9 Å². The molecular weight excluding hydrogens is 388 g/mol. The van der Waals surface area contributed by atoms with Gasteiger partial charge in [-0.25, -0.2) is 9.97 Å². The largest absolute Gasteiger partial charge is 0.505 e. The average Bonchev–Trinajstić information content (AvgIpc) is 2.89. The average molecular weight is 409 g/mol. The highest BCUT2D eigenvalue weighted by Crippen LogP contribution is 2.29. The first-order valence-corrected chi connectivity index (χ1v) is 7.97. The predicted octanol–water partition coefficient (Wildman–Crippen LogP) is 1.27. The highest BCUT2D eigenvalue weighted by atomic mass is 32.1. The lowest BCUT2D eigenvalue weighted by molar-refractivity contribution is 0.0233. The van der Waals surface area contributed by atoms with Gasteiger partial charge in [0.25, 0.3) is 11.8 Å². The van der Waals surface area contributed by atoms with E-state index >= 15 is 0 Å². The first-order valence-electron chi connectivity index (χ1n) is 7.97. The van der Waals surface area contributed by atoms with Crippen molar-refractivity contribution in [3.8, 4) is 5.75 Å². The van der Waals surface area contributed by atoms with Crippen LogP contribution in [-0.4, -0.2) is 57.1 Å². The van der Waals surface area contributed by atoms with E-state index in [4.69, 9.17) is 4.74 Å². The fourth-order valence-electron chi connectivity index (χ4n) is 3.24. The number of nitrogens with one attached hydrogen (secondary N) is 1. The summed E-state index contributed by atoms with van der Waals surface area (Å²) in [4.78, 5) is 34.7. The molecule has 0 aliphatic carbocycles. The summed E-state index contributed by atoms with van der Waals surface area (Å²) in [5.74, 6) is -0.311. The molecule has 2 aromatic rings. The van der Waals surface area contributed by atoms with Crippen molar-refractivity contribution < 1.29 is 19.4 Å². The lowest BCUT2D eigenvalue weighted by atomic mass is 10.0. The number of benzene rings is 1. The van der Waals surface area contributed by atoms with Crippen LogP contribution in [0.2, 0.25) is 0 Å². The number of imide groups is 1. The second kappa shape index (κ2) is 8.59. The zero-order valence-corrected chi connectivity index (χ0v) is 16.3. The molecule has 0 unspecified atom stereocenters. The van der Waals surface area contributed by atoms with E-state index in [2.05, 4.69) is 15.3 Å².